The highest BCUT2D eigenvalue weighted by molar-refractivity contribution is 7.89. The van der Waals surface area contributed by atoms with Gasteiger partial charge in [-0.3, -0.25) is 4.79 Å². The number of benzene rings is 3. The van der Waals surface area contributed by atoms with Gasteiger partial charge in [0.2, 0.25) is 10.0 Å². The third-order valence-electron chi connectivity index (χ3n) is 4.80. The zero-order valence-electron chi connectivity index (χ0n) is 19.7. The van der Waals surface area contributed by atoms with Crippen molar-refractivity contribution in [1.29, 1.82) is 0 Å². The maximum Gasteiger partial charge on any atom is 0.416 e. The molecule has 0 radical (unpaired) electrons. The second-order valence-corrected chi connectivity index (χ2v) is 9.12. The minimum atomic E-state index is -4.55. The Morgan fingerprint density at radius 2 is 1.58 bits per heavy atom. The summed E-state index contributed by atoms with van der Waals surface area (Å²) in [5.74, 6) is -1.86. The molecule has 11 heteroatoms. The summed E-state index contributed by atoms with van der Waals surface area (Å²) in [6, 6.07) is 13.6. The second-order valence-electron chi connectivity index (χ2n) is 7.36. The van der Waals surface area contributed by atoms with Gasteiger partial charge >= 0.3 is 12.1 Å². The van der Waals surface area contributed by atoms with E-state index in [1.165, 1.54) is 36.4 Å². The predicted molar refractivity (Wildman–Crippen MR) is 129 cm³/mol. The minimum Gasteiger partial charge on any atom is -0.478 e. The van der Waals surface area contributed by atoms with Gasteiger partial charge in [-0.15, -0.1) is 0 Å². The molecule has 7 nitrogen and oxygen atoms in total. The van der Waals surface area contributed by atoms with Gasteiger partial charge in [0.1, 0.15) is 0 Å². The number of carbonyl (C=O) groups is 2. The molecule has 192 valence electrons. The molecule has 0 bridgehead atoms. The van der Waals surface area contributed by atoms with Crippen molar-refractivity contribution in [2.45, 2.75) is 38.4 Å². The van der Waals surface area contributed by atoms with Gasteiger partial charge in [0.05, 0.1) is 21.7 Å². The van der Waals surface area contributed by atoms with Crippen LogP contribution in [0.25, 0.3) is 0 Å². The van der Waals surface area contributed by atoms with E-state index < -0.39 is 33.6 Å². The highest BCUT2D eigenvalue weighted by Gasteiger charge is 2.30. The van der Waals surface area contributed by atoms with Crippen molar-refractivity contribution in [2.75, 3.05) is 5.32 Å². The van der Waals surface area contributed by atoms with E-state index in [1.807, 2.05) is 13.8 Å². The van der Waals surface area contributed by atoms with E-state index in [0.717, 1.165) is 24.3 Å². The molecule has 0 aliphatic heterocycles. The fourth-order valence-electron chi connectivity index (χ4n) is 3.04. The van der Waals surface area contributed by atoms with Crippen molar-refractivity contribution in [1.82, 2.24) is 4.72 Å². The maximum atomic E-state index is 12.8. The Hall–Kier alpha value is -3.70. The van der Waals surface area contributed by atoms with Crippen LogP contribution >= 0.6 is 0 Å². The van der Waals surface area contributed by atoms with Gasteiger partial charge in [0.25, 0.3) is 5.91 Å². The molecule has 0 fully saturated rings. The smallest absolute Gasteiger partial charge is 0.416 e. The third-order valence-corrected chi connectivity index (χ3v) is 6.22. The minimum absolute atomic E-state index is 0.0775. The van der Waals surface area contributed by atoms with Crippen LogP contribution in [0, 0.1) is 6.92 Å². The average Bonchev–Trinajstić information content (AvgIpc) is 2.85. The van der Waals surface area contributed by atoms with Crippen LogP contribution in [-0.4, -0.2) is 25.4 Å². The van der Waals surface area contributed by atoms with E-state index in [-0.39, 0.29) is 33.8 Å². The molecule has 0 heterocycles. The Labute approximate surface area is 207 Å². The van der Waals surface area contributed by atoms with Gasteiger partial charge in [0, 0.05) is 12.1 Å². The summed E-state index contributed by atoms with van der Waals surface area (Å²) in [6.07, 6.45) is -4.55. The van der Waals surface area contributed by atoms with Gasteiger partial charge < -0.3 is 10.4 Å². The van der Waals surface area contributed by atoms with Gasteiger partial charge in [-0.05, 0) is 55.0 Å². The van der Waals surface area contributed by atoms with Gasteiger partial charge in [-0.2, -0.15) is 13.2 Å². The number of aryl methyl sites for hydroxylation is 1. The normalized spacial score (nSPS) is 11.3. The van der Waals surface area contributed by atoms with Crippen LogP contribution in [-0.2, 0) is 22.7 Å². The number of sulfonamides is 1. The molecule has 3 aromatic carbocycles. The first-order valence-corrected chi connectivity index (χ1v) is 12.3. The number of hydrogen-bond acceptors (Lipinski definition) is 4. The van der Waals surface area contributed by atoms with Crippen molar-refractivity contribution in [3.05, 3.63) is 94.5 Å². The second kappa shape index (κ2) is 11.8. The molecule has 0 aromatic heterocycles. The number of amides is 1. The fraction of sp³-hybridized carbons (Fsp3) is 0.200. The Kier molecular flexibility index (Phi) is 9.37. The molecule has 3 aromatic rings. The highest BCUT2D eigenvalue weighted by Crippen LogP contribution is 2.29. The van der Waals surface area contributed by atoms with Gasteiger partial charge in [-0.1, -0.05) is 43.7 Å². The van der Waals surface area contributed by atoms with Crippen molar-refractivity contribution < 1.29 is 36.3 Å². The zero-order chi connectivity index (χ0) is 27.1. The number of nitrogens with one attached hydrogen (secondary N) is 2. The third kappa shape index (κ3) is 7.40. The molecule has 1 amide bonds. The first-order valence-electron chi connectivity index (χ1n) is 10.8. The lowest BCUT2D eigenvalue weighted by Gasteiger charge is -2.11. The molecule has 0 spiro atoms. The van der Waals surface area contributed by atoms with Crippen molar-refractivity contribution in [3.8, 4) is 0 Å². The van der Waals surface area contributed by atoms with Crippen LogP contribution in [0.1, 0.15) is 51.3 Å². The summed E-state index contributed by atoms with van der Waals surface area (Å²) in [7, 11) is -4.07. The number of alkyl halides is 3. The molecule has 0 unspecified atom stereocenters. The van der Waals surface area contributed by atoms with E-state index in [0.29, 0.717) is 5.56 Å². The Morgan fingerprint density at radius 1 is 0.944 bits per heavy atom. The first-order chi connectivity index (χ1) is 16.9. The number of carbonyl (C=O) groups excluding carboxylic acids is 1. The number of hydrogen-bond donors (Lipinski definition) is 3. The molecule has 0 saturated heterocycles. The van der Waals surface area contributed by atoms with E-state index in [4.69, 9.17) is 0 Å². The topological polar surface area (TPSA) is 113 Å². The largest absolute Gasteiger partial charge is 0.478 e. The highest BCUT2D eigenvalue weighted by atomic mass is 32.2. The predicted octanol–water partition coefficient (Wildman–Crippen LogP) is 5.47. The van der Waals surface area contributed by atoms with Crippen molar-refractivity contribution >= 4 is 27.6 Å². The number of halogens is 3. The fourth-order valence-corrected chi connectivity index (χ4v) is 4.06. The molecule has 3 N–H and O–H groups in total. The lowest BCUT2D eigenvalue weighted by atomic mass is 10.1. The maximum absolute atomic E-state index is 12.8. The molecule has 3 rings (SSSR count). The molecule has 0 atom stereocenters. The van der Waals surface area contributed by atoms with Crippen LogP contribution in [0.15, 0.2) is 71.6 Å². The standard InChI is InChI=1S/C23H19F3N2O5S.C2H6/c1-14-5-10-20(19(11-14)22(30)31)28-21(29)16-6-8-18(9-7-16)34(32,33)27-13-15-3-2-4-17(12-15)23(24,25)26;1-2/h2-12,27H,13H2,1H3,(H,28,29)(H,30,31);1-2H3. The Morgan fingerprint density at radius 3 is 2.17 bits per heavy atom. The van der Waals surface area contributed by atoms with E-state index in [1.54, 1.807) is 13.0 Å². The average molecular weight is 523 g/mol. The summed E-state index contributed by atoms with van der Waals surface area (Å²) in [5.41, 5.74) is 0.00570. The van der Waals surface area contributed by atoms with Crippen LogP contribution in [0.5, 0.6) is 0 Å². The van der Waals surface area contributed by atoms with Crippen LogP contribution in [0.3, 0.4) is 0 Å². The lowest BCUT2D eigenvalue weighted by molar-refractivity contribution is -0.137. The molecule has 0 saturated carbocycles. The van der Waals surface area contributed by atoms with Gasteiger partial charge in [0.15, 0.2) is 0 Å². The monoisotopic (exact) mass is 522 g/mol. The Balaban J connectivity index is 0.00000222. The molecular formula is C25H25F3N2O5S. The number of carboxylic acids is 1. The molecule has 36 heavy (non-hydrogen) atoms. The van der Waals surface area contributed by atoms with Crippen molar-refractivity contribution in [3.63, 3.8) is 0 Å². The lowest BCUT2D eigenvalue weighted by Crippen LogP contribution is -2.23. The van der Waals surface area contributed by atoms with E-state index in [9.17, 15) is 36.3 Å². The Bertz CT molecular complexity index is 1340. The van der Waals surface area contributed by atoms with Crippen LogP contribution in [0.2, 0.25) is 0 Å². The summed E-state index contributed by atoms with van der Waals surface area (Å²) in [4.78, 5) is 23.7. The van der Waals surface area contributed by atoms with Crippen LogP contribution < -0.4 is 10.0 Å². The number of aromatic carboxylic acids is 1. The SMILES string of the molecule is CC.Cc1ccc(NC(=O)c2ccc(S(=O)(=O)NCc3cccc(C(F)(F)F)c3)cc2)c(C(=O)O)c1. The van der Waals surface area contributed by atoms with Crippen molar-refractivity contribution in [2.24, 2.45) is 0 Å². The zero-order valence-corrected chi connectivity index (χ0v) is 20.5. The number of rotatable bonds is 7. The molecular weight excluding hydrogens is 497 g/mol. The summed E-state index contributed by atoms with van der Waals surface area (Å²) >= 11 is 0. The molecule has 0 aliphatic rings. The van der Waals surface area contributed by atoms with E-state index >= 15 is 0 Å². The first kappa shape index (κ1) is 28.5. The summed E-state index contributed by atoms with van der Waals surface area (Å²) in [5, 5.41) is 11.8. The molecule has 0 aliphatic carbocycles. The van der Waals surface area contributed by atoms with Crippen LogP contribution in [0.4, 0.5) is 18.9 Å². The summed E-state index contributed by atoms with van der Waals surface area (Å²) < 4.78 is 65.7. The van der Waals surface area contributed by atoms with E-state index in [2.05, 4.69) is 10.0 Å². The van der Waals surface area contributed by atoms with Gasteiger partial charge in [-0.25, -0.2) is 17.9 Å². The quantitative estimate of drug-likeness (QED) is 0.381. The number of anilines is 1. The summed E-state index contributed by atoms with van der Waals surface area (Å²) in [6.45, 7) is 5.35. The number of carboxylic acid groups (broad SMARTS) is 1.